The number of carbonyl (C=O) groups is 2. The molecule has 0 saturated carbocycles. The summed E-state index contributed by atoms with van der Waals surface area (Å²) in [5.41, 5.74) is 4.62. The maximum absolute atomic E-state index is 13.1. The van der Waals surface area contributed by atoms with Crippen molar-refractivity contribution >= 4 is 17.7 Å². The highest BCUT2D eigenvalue weighted by molar-refractivity contribution is 5.91. The van der Waals surface area contributed by atoms with Crippen LogP contribution in [0.25, 0.3) is 0 Å². The molecule has 30 heavy (non-hydrogen) atoms. The van der Waals surface area contributed by atoms with Crippen molar-refractivity contribution in [3.63, 3.8) is 0 Å². The van der Waals surface area contributed by atoms with Crippen LogP contribution in [0.3, 0.4) is 0 Å². The quantitative estimate of drug-likeness (QED) is 0.541. The zero-order chi connectivity index (χ0) is 21.7. The number of rotatable bonds is 7. The number of aromatic amines is 1. The number of H-pyrrole nitrogens is 1. The summed E-state index contributed by atoms with van der Waals surface area (Å²) in [7, 11) is 0. The number of anilines is 1. The highest BCUT2D eigenvalue weighted by atomic mass is 16.5. The van der Waals surface area contributed by atoms with Gasteiger partial charge in [0.05, 0.1) is 19.4 Å². The SMILES string of the molecule is CCOC(=O)c1[nH]c(C)c(CN(Cc2ccco2)C(=O)Nc2ccccc2C)c1C. The number of hydrogen-bond donors (Lipinski definition) is 2. The van der Waals surface area contributed by atoms with Gasteiger partial charge in [0, 0.05) is 17.9 Å². The summed E-state index contributed by atoms with van der Waals surface area (Å²) in [5.74, 6) is 0.276. The molecule has 0 radical (unpaired) electrons. The molecule has 2 amide bonds. The van der Waals surface area contributed by atoms with Crippen molar-refractivity contribution in [2.75, 3.05) is 11.9 Å². The Balaban J connectivity index is 1.87. The van der Waals surface area contributed by atoms with E-state index in [0.717, 1.165) is 28.1 Å². The van der Waals surface area contributed by atoms with Gasteiger partial charge < -0.3 is 24.4 Å². The first-order chi connectivity index (χ1) is 14.4. The van der Waals surface area contributed by atoms with Crippen LogP contribution in [0.2, 0.25) is 0 Å². The molecular weight excluding hydrogens is 382 g/mol. The number of urea groups is 1. The molecule has 0 saturated heterocycles. The summed E-state index contributed by atoms with van der Waals surface area (Å²) >= 11 is 0. The van der Waals surface area contributed by atoms with Gasteiger partial charge >= 0.3 is 12.0 Å². The average molecular weight is 409 g/mol. The predicted molar refractivity (Wildman–Crippen MR) is 114 cm³/mol. The fraction of sp³-hybridized carbons (Fsp3) is 0.304. The van der Waals surface area contributed by atoms with Crippen molar-refractivity contribution in [1.29, 1.82) is 0 Å². The number of hydrogen-bond acceptors (Lipinski definition) is 4. The lowest BCUT2D eigenvalue weighted by molar-refractivity contribution is 0.0519. The van der Waals surface area contributed by atoms with E-state index in [-0.39, 0.29) is 6.03 Å². The third-order valence-electron chi connectivity index (χ3n) is 5.02. The van der Waals surface area contributed by atoms with Crippen molar-refractivity contribution in [2.45, 2.75) is 40.8 Å². The van der Waals surface area contributed by atoms with Gasteiger partial charge in [0.15, 0.2) is 0 Å². The summed E-state index contributed by atoms with van der Waals surface area (Å²) < 4.78 is 10.6. The van der Waals surface area contributed by atoms with Crippen LogP contribution in [-0.2, 0) is 17.8 Å². The van der Waals surface area contributed by atoms with Gasteiger partial charge in [-0.2, -0.15) is 0 Å². The Labute approximate surface area is 176 Å². The Kier molecular flexibility index (Phi) is 6.61. The van der Waals surface area contributed by atoms with E-state index in [0.29, 0.717) is 31.2 Å². The third-order valence-corrected chi connectivity index (χ3v) is 5.02. The van der Waals surface area contributed by atoms with Crippen LogP contribution in [0, 0.1) is 20.8 Å². The van der Waals surface area contributed by atoms with Crippen LogP contribution in [-0.4, -0.2) is 28.5 Å². The molecule has 0 unspecified atom stereocenters. The highest BCUT2D eigenvalue weighted by Gasteiger charge is 2.23. The molecule has 7 heteroatoms. The summed E-state index contributed by atoms with van der Waals surface area (Å²) in [6.07, 6.45) is 1.58. The van der Waals surface area contributed by atoms with Gasteiger partial charge in [-0.15, -0.1) is 0 Å². The van der Waals surface area contributed by atoms with Crippen LogP contribution in [0.1, 0.15) is 45.6 Å². The molecule has 7 nitrogen and oxygen atoms in total. The minimum absolute atomic E-state index is 0.251. The summed E-state index contributed by atoms with van der Waals surface area (Å²) in [6, 6.07) is 11.0. The summed E-state index contributed by atoms with van der Waals surface area (Å²) in [4.78, 5) is 30.1. The van der Waals surface area contributed by atoms with E-state index < -0.39 is 5.97 Å². The molecule has 2 N–H and O–H groups in total. The molecule has 2 heterocycles. The summed E-state index contributed by atoms with van der Waals surface area (Å²) in [6.45, 7) is 8.36. The molecule has 0 atom stereocenters. The summed E-state index contributed by atoms with van der Waals surface area (Å²) in [5, 5.41) is 2.98. The van der Waals surface area contributed by atoms with E-state index in [2.05, 4.69) is 10.3 Å². The van der Waals surface area contributed by atoms with E-state index in [1.54, 1.807) is 24.2 Å². The number of aryl methyl sites for hydroxylation is 2. The van der Waals surface area contributed by atoms with Gasteiger partial charge in [0.1, 0.15) is 11.5 Å². The van der Waals surface area contributed by atoms with Crippen LogP contribution in [0.15, 0.2) is 47.1 Å². The molecule has 2 aromatic heterocycles. The standard InChI is InChI=1S/C23H27N3O4/c1-5-29-22(27)21-16(3)19(17(4)24-21)14-26(13-18-10-8-12-30-18)23(28)25-20-11-7-6-9-15(20)2/h6-12,24H,5,13-14H2,1-4H3,(H,25,28). The number of nitrogens with one attached hydrogen (secondary N) is 2. The Morgan fingerprint density at radius 3 is 2.53 bits per heavy atom. The fourth-order valence-corrected chi connectivity index (χ4v) is 3.32. The van der Waals surface area contributed by atoms with Crippen LogP contribution < -0.4 is 5.32 Å². The number of para-hydroxylation sites is 1. The Morgan fingerprint density at radius 2 is 1.87 bits per heavy atom. The molecule has 3 aromatic rings. The lowest BCUT2D eigenvalue weighted by atomic mass is 10.1. The van der Waals surface area contributed by atoms with Crippen molar-refractivity contribution in [2.24, 2.45) is 0 Å². The van der Waals surface area contributed by atoms with E-state index in [4.69, 9.17) is 9.15 Å². The predicted octanol–water partition coefficient (Wildman–Crippen LogP) is 4.94. The number of amides is 2. The van der Waals surface area contributed by atoms with Crippen molar-refractivity contribution in [3.05, 3.63) is 76.5 Å². The minimum Gasteiger partial charge on any atom is -0.467 e. The van der Waals surface area contributed by atoms with Crippen molar-refractivity contribution in [3.8, 4) is 0 Å². The molecule has 158 valence electrons. The lowest BCUT2D eigenvalue weighted by Gasteiger charge is -2.23. The van der Waals surface area contributed by atoms with E-state index in [1.807, 2.05) is 51.1 Å². The zero-order valence-electron chi connectivity index (χ0n) is 17.7. The Hall–Kier alpha value is -3.48. The fourth-order valence-electron chi connectivity index (χ4n) is 3.32. The first kappa shape index (κ1) is 21.2. The van der Waals surface area contributed by atoms with Gasteiger partial charge in [0.2, 0.25) is 0 Å². The van der Waals surface area contributed by atoms with E-state index in [1.165, 1.54) is 0 Å². The van der Waals surface area contributed by atoms with Crippen molar-refractivity contribution < 1.29 is 18.7 Å². The van der Waals surface area contributed by atoms with Crippen LogP contribution in [0.4, 0.5) is 10.5 Å². The van der Waals surface area contributed by atoms with Gasteiger partial charge in [-0.3, -0.25) is 0 Å². The first-order valence-corrected chi connectivity index (χ1v) is 9.89. The monoisotopic (exact) mass is 409 g/mol. The third kappa shape index (κ3) is 4.74. The number of esters is 1. The maximum Gasteiger partial charge on any atom is 0.355 e. The zero-order valence-corrected chi connectivity index (χ0v) is 17.7. The van der Waals surface area contributed by atoms with E-state index >= 15 is 0 Å². The number of benzene rings is 1. The second-order valence-corrected chi connectivity index (χ2v) is 7.13. The number of carbonyl (C=O) groups excluding carboxylic acids is 2. The first-order valence-electron chi connectivity index (χ1n) is 9.89. The number of furan rings is 1. The molecule has 0 fully saturated rings. The molecule has 0 aliphatic heterocycles. The average Bonchev–Trinajstić information content (AvgIpc) is 3.32. The Morgan fingerprint density at radius 1 is 1.10 bits per heavy atom. The molecule has 0 aliphatic carbocycles. The van der Waals surface area contributed by atoms with Gasteiger partial charge in [-0.05, 0) is 62.6 Å². The maximum atomic E-state index is 13.1. The highest BCUT2D eigenvalue weighted by Crippen LogP contribution is 2.23. The van der Waals surface area contributed by atoms with Gasteiger partial charge in [-0.25, -0.2) is 9.59 Å². The van der Waals surface area contributed by atoms with Gasteiger partial charge in [-0.1, -0.05) is 18.2 Å². The second-order valence-electron chi connectivity index (χ2n) is 7.13. The number of nitrogens with zero attached hydrogens (tertiary/aromatic N) is 1. The number of aromatic nitrogens is 1. The topological polar surface area (TPSA) is 87.6 Å². The molecule has 3 rings (SSSR count). The molecule has 0 bridgehead atoms. The lowest BCUT2D eigenvalue weighted by Crippen LogP contribution is -2.34. The van der Waals surface area contributed by atoms with Crippen LogP contribution in [0.5, 0.6) is 0 Å². The molecule has 0 aliphatic rings. The normalized spacial score (nSPS) is 10.7. The Bertz CT molecular complexity index is 1020. The minimum atomic E-state index is -0.397. The van der Waals surface area contributed by atoms with Crippen molar-refractivity contribution in [1.82, 2.24) is 9.88 Å². The molecule has 0 spiro atoms. The van der Waals surface area contributed by atoms with Gasteiger partial charge in [0.25, 0.3) is 0 Å². The second kappa shape index (κ2) is 9.35. The molecular formula is C23H27N3O4. The number of ether oxygens (including phenoxy) is 1. The van der Waals surface area contributed by atoms with Crippen LogP contribution >= 0.6 is 0 Å². The van der Waals surface area contributed by atoms with E-state index in [9.17, 15) is 9.59 Å². The smallest absolute Gasteiger partial charge is 0.355 e. The largest absolute Gasteiger partial charge is 0.467 e. The molecule has 1 aromatic carbocycles.